The fourth-order valence-corrected chi connectivity index (χ4v) is 2.46. The predicted octanol–water partition coefficient (Wildman–Crippen LogP) is 3.15. The Balaban J connectivity index is 2.97. The number of amidine groups is 1. The molecule has 0 aliphatic carbocycles. The minimum absolute atomic E-state index is 0.0637. The quantitative estimate of drug-likeness (QED) is 0.246. The van der Waals surface area contributed by atoms with Gasteiger partial charge in [-0.25, -0.2) is 10.0 Å². The average molecular weight is 415 g/mol. The molecular weight excluding hydrogens is 380 g/mol. The second kappa shape index (κ2) is 11.8. The molecule has 1 aliphatic rings. The topological polar surface area (TPSA) is 110 Å². The molecule has 0 fully saturated rings. The van der Waals surface area contributed by atoms with Gasteiger partial charge in [-0.2, -0.15) is 5.10 Å². The van der Waals surface area contributed by atoms with Gasteiger partial charge in [0.1, 0.15) is 12.4 Å². The molecule has 1 heterocycles. The molecule has 1 aliphatic heterocycles. The van der Waals surface area contributed by atoms with Crippen LogP contribution in [0.2, 0.25) is 0 Å². The standard InChI is InChI=1S/C22H34N6O2/c1-8-9-10-16(6)11-25-17(7)26-19(29)13-28-22(30)18(12-24-15(4)5)20(23)21(27-28)14(2)3/h9-12,14-15,23-24H,8,13H2,1-7H3,(H,25,26,29)/b10-9+,16-11-,18-12+,23-20?. The van der Waals surface area contributed by atoms with Gasteiger partial charge >= 0.3 is 0 Å². The predicted molar refractivity (Wildman–Crippen MR) is 123 cm³/mol. The molecule has 0 saturated carbocycles. The Kier molecular flexibility index (Phi) is 9.88. The summed E-state index contributed by atoms with van der Waals surface area (Å²) in [5, 5.41) is 19.4. The smallest absolute Gasteiger partial charge is 0.278 e. The van der Waals surface area contributed by atoms with Crippen molar-refractivity contribution in [1.82, 2.24) is 15.6 Å². The molecule has 1 rings (SSSR count). The second-order valence-corrected chi connectivity index (χ2v) is 7.70. The number of aliphatic imine (C=N–C) groups is 1. The van der Waals surface area contributed by atoms with Crippen molar-refractivity contribution < 1.29 is 9.59 Å². The molecule has 0 aromatic rings. The molecule has 0 unspecified atom stereocenters. The molecule has 0 aromatic carbocycles. The molecule has 164 valence electrons. The molecule has 0 atom stereocenters. The fraction of sp³-hybridized carbons (Fsp3) is 0.500. The molecule has 0 bridgehead atoms. The summed E-state index contributed by atoms with van der Waals surface area (Å²) in [4.78, 5) is 29.5. The third kappa shape index (κ3) is 7.77. The van der Waals surface area contributed by atoms with Crippen molar-refractivity contribution in [3.63, 3.8) is 0 Å². The Bertz CT molecular complexity index is 815. The van der Waals surface area contributed by atoms with Crippen molar-refractivity contribution in [3.8, 4) is 0 Å². The second-order valence-electron chi connectivity index (χ2n) is 7.70. The third-order valence-electron chi connectivity index (χ3n) is 4.02. The van der Waals surface area contributed by atoms with Gasteiger partial charge in [0.05, 0.1) is 17.0 Å². The van der Waals surface area contributed by atoms with E-state index in [0.717, 1.165) is 17.0 Å². The van der Waals surface area contributed by atoms with Crippen LogP contribution in [0.3, 0.4) is 0 Å². The van der Waals surface area contributed by atoms with E-state index in [-0.39, 0.29) is 29.8 Å². The molecular formula is C22H34N6O2. The van der Waals surface area contributed by atoms with E-state index in [4.69, 9.17) is 5.41 Å². The number of hydrogen-bond acceptors (Lipinski definition) is 6. The van der Waals surface area contributed by atoms with Gasteiger partial charge in [-0.1, -0.05) is 32.9 Å². The van der Waals surface area contributed by atoms with Crippen molar-refractivity contribution in [2.24, 2.45) is 16.0 Å². The number of nitrogens with zero attached hydrogens (tertiary/aromatic N) is 3. The Hall–Kier alpha value is -3.03. The fourth-order valence-electron chi connectivity index (χ4n) is 2.46. The first-order chi connectivity index (χ1) is 14.1. The number of nitrogens with one attached hydrogen (secondary N) is 3. The molecule has 0 aromatic heterocycles. The lowest BCUT2D eigenvalue weighted by atomic mass is 9.96. The summed E-state index contributed by atoms with van der Waals surface area (Å²) in [5.74, 6) is -0.531. The van der Waals surface area contributed by atoms with Gasteiger partial charge in [0.15, 0.2) is 0 Å². The monoisotopic (exact) mass is 414 g/mol. The highest BCUT2D eigenvalue weighted by Crippen LogP contribution is 2.16. The van der Waals surface area contributed by atoms with Crippen LogP contribution >= 0.6 is 0 Å². The first-order valence-electron chi connectivity index (χ1n) is 10.2. The van der Waals surface area contributed by atoms with Gasteiger partial charge in [0.2, 0.25) is 5.91 Å². The molecule has 30 heavy (non-hydrogen) atoms. The molecule has 2 amide bonds. The van der Waals surface area contributed by atoms with E-state index in [0.29, 0.717) is 11.5 Å². The number of amides is 2. The zero-order valence-electron chi connectivity index (χ0n) is 19.0. The Morgan fingerprint density at radius 3 is 2.50 bits per heavy atom. The summed E-state index contributed by atoms with van der Waals surface area (Å²) in [7, 11) is 0. The van der Waals surface area contributed by atoms with E-state index in [2.05, 4.69) is 27.7 Å². The lowest BCUT2D eigenvalue weighted by Crippen LogP contribution is -2.46. The Labute approximate surface area is 179 Å². The van der Waals surface area contributed by atoms with Gasteiger partial charge in [0, 0.05) is 18.4 Å². The summed E-state index contributed by atoms with van der Waals surface area (Å²) in [5.41, 5.74) is 1.71. The van der Waals surface area contributed by atoms with Crippen LogP contribution in [-0.2, 0) is 9.59 Å². The van der Waals surface area contributed by atoms with E-state index < -0.39 is 11.8 Å². The van der Waals surface area contributed by atoms with Gasteiger partial charge in [-0.3, -0.25) is 15.0 Å². The molecule has 8 nitrogen and oxygen atoms in total. The van der Waals surface area contributed by atoms with Gasteiger partial charge in [-0.15, -0.1) is 0 Å². The average Bonchev–Trinajstić information content (AvgIpc) is 2.66. The Morgan fingerprint density at radius 1 is 1.27 bits per heavy atom. The maximum Gasteiger partial charge on any atom is 0.278 e. The van der Waals surface area contributed by atoms with Crippen LogP contribution in [0, 0.1) is 11.3 Å². The number of hydrazone groups is 1. The highest BCUT2D eigenvalue weighted by atomic mass is 16.2. The van der Waals surface area contributed by atoms with Crippen LogP contribution in [0.5, 0.6) is 0 Å². The number of carbonyl (C=O) groups is 2. The van der Waals surface area contributed by atoms with E-state index in [1.807, 2.05) is 46.8 Å². The SMILES string of the molecule is CC/C=C/C(C)=C\N=C(/C)NC(=O)CN1N=C(C(C)C)C(=N)/C(=C\NC(C)C)C1=O. The first-order valence-corrected chi connectivity index (χ1v) is 10.2. The van der Waals surface area contributed by atoms with Crippen molar-refractivity contribution in [1.29, 1.82) is 5.41 Å². The van der Waals surface area contributed by atoms with Gasteiger partial charge < -0.3 is 10.6 Å². The number of rotatable bonds is 8. The van der Waals surface area contributed by atoms with E-state index in [1.54, 1.807) is 13.1 Å². The van der Waals surface area contributed by atoms with Crippen LogP contribution < -0.4 is 10.6 Å². The number of hydrogen-bond donors (Lipinski definition) is 3. The van der Waals surface area contributed by atoms with Crippen LogP contribution in [0.4, 0.5) is 0 Å². The van der Waals surface area contributed by atoms with Crippen molar-refractivity contribution in [2.75, 3.05) is 6.54 Å². The number of allylic oxidation sites excluding steroid dienone is 3. The summed E-state index contributed by atoms with van der Waals surface area (Å²) in [6.07, 6.45) is 8.12. The third-order valence-corrected chi connectivity index (χ3v) is 4.02. The van der Waals surface area contributed by atoms with Crippen molar-refractivity contribution in [3.05, 3.63) is 35.7 Å². The van der Waals surface area contributed by atoms with E-state index in [1.165, 1.54) is 6.20 Å². The maximum absolute atomic E-state index is 12.8. The van der Waals surface area contributed by atoms with Crippen LogP contribution in [0.15, 0.2) is 45.8 Å². The van der Waals surface area contributed by atoms with E-state index in [9.17, 15) is 9.59 Å². The van der Waals surface area contributed by atoms with Gasteiger partial charge in [-0.05, 0) is 45.6 Å². The highest BCUT2D eigenvalue weighted by Gasteiger charge is 2.32. The highest BCUT2D eigenvalue weighted by molar-refractivity contribution is 6.54. The van der Waals surface area contributed by atoms with Crippen LogP contribution in [0.25, 0.3) is 0 Å². The largest absolute Gasteiger partial charge is 0.388 e. The minimum atomic E-state index is -0.484. The van der Waals surface area contributed by atoms with Crippen LogP contribution in [0.1, 0.15) is 54.9 Å². The van der Waals surface area contributed by atoms with E-state index >= 15 is 0 Å². The number of carbonyl (C=O) groups excluding carboxylic acids is 2. The summed E-state index contributed by atoms with van der Waals surface area (Å²) < 4.78 is 0. The molecule has 0 saturated heterocycles. The summed E-state index contributed by atoms with van der Waals surface area (Å²) in [6.45, 7) is 13.1. The molecule has 0 radical (unpaired) electrons. The Morgan fingerprint density at radius 2 is 1.93 bits per heavy atom. The van der Waals surface area contributed by atoms with Crippen LogP contribution in [-0.4, -0.2) is 46.7 Å². The lowest BCUT2D eigenvalue weighted by Gasteiger charge is -2.27. The van der Waals surface area contributed by atoms with Crippen molar-refractivity contribution in [2.45, 2.75) is 60.9 Å². The molecule has 8 heteroatoms. The van der Waals surface area contributed by atoms with Crippen molar-refractivity contribution >= 4 is 29.1 Å². The normalized spacial score (nSPS) is 17.4. The molecule has 3 N–H and O–H groups in total. The zero-order valence-corrected chi connectivity index (χ0v) is 19.0. The van der Waals surface area contributed by atoms with Gasteiger partial charge in [0.25, 0.3) is 5.91 Å². The zero-order chi connectivity index (χ0) is 22.8. The summed E-state index contributed by atoms with van der Waals surface area (Å²) in [6, 6.07) is 0.110. The maximum atomic E-state index is 12.8. The minimum Gasteiger partial charge on any atom is -0.388 e. The summed E-state index contributed by atoms with van der Waals surface area (Å²) >= 11 is 0. The molecule has 0 spiro atoms. The lowest BCUT2D eigenvalue weighted by molar-refractivity contribution is -0.132. The first kappa shape index (κ1) is 25.0.